The Balaban J connectivity index is 2.09. The van der Waals surface area contributed by atoms with Crippen LogP contribution in [0, 0.1) is 11.3 Å². The molecular formula is C9H14N2O3. The lowest BCUT2D eigenvalue weighted by molar-refractivity contribution is -0.283. The summed E-state index contributed by atoms with van der Waals surface area (Å²) in [5.41, 5.74) is 9.31. The molecule has 4 N–H and O–H groups in total. The van der Waals surface area contributed by atoms with Gasteiger partial charge in [-0.05, 0) is 19.8 Å². The van der Waals surface area contributed by atoms with E-state index in [0.717, 1.165) is 0 Å². The first-order valence-electron chi connectivity index (χ1n) is 4.64. The van der Waals surface area contributed by atoms with Gasteiger partial charge >= 0.3 is 0 Å². The molecule has 5 nitrogen and oxygen atoms in total. The minimum Gasteiger partial charge on any atom is -0.369 e. The maximum absolute atomic E-state index is 11.2. The molecule has 1 unspecified atom stereocenters. The summed E-state index contributed by atoms with van der Waals surface area (Å²) in [7, 11) is 0. The molecule has 1 atom stereocenters. The van der Waals surface area contributed by atoms with Gasteiger partial charge in [-0.2, -0.15) is 0 Å². The number of rotatable bonds is 2. The van der Waals surface area contributed by atoms with Gasteiger partial charge < -0.3 is 16.2 Å². The van der Waals surface area contributed by atoms with Gasteiger partial charge in [-0.15, -0.1) is 0 Å². The van der Waals surface area contributed by atoms with E-state index in [1.54, 1.807) is 6.92 Å². The second kappa shape index (κ2) is 2.48. The summed E-state index contributed by atoms with van der Waals surface area (Å²) < 4.78 is 5.24. The van der Waals surface area contributed by atoms with Crippen LogP contribution in [0.25, 0.3) is 0 Å². The summed E-state index contributed by atoms with van der Waals surface area (Å²) in [4.78, 5) is 22.0. The third kappa shape index (κ3) is 0.877. The Bertz CT molecular complexity index is 309. The maximum Gasteiger partial charge on any atom is 0.250 e. The highest BCUT2D eigenvalue weighted by Gasteiger charge is 2.67. The van der Waals surface area contributed by atoms with Crippen molar-refractivity contribution >= 4 is 11.8 Å². The van der Waals surface area contributed by atoms with E-state index in [2.05, 4.69) is 0 Å². The first-order valence-corrected chi connectivity index (χ1v) is 4.64. The Kier molecular flexibility index (Phi) is 1.67. The third-order valence-corrected chi connectivity index (χ3v) is 3.80. The second-order valence-electron chi connectivity index (χ2n) is 4.47. The molecule has 14 heavy (non-hydrogen) atoms. The summed E-state index contributed by atoms with van der Waals surface area (Å²) in [6, 6.07) is 0. The lowest BCUT2D eigenvalue weighted by Gasteiger charge is -2.62. The number of carbonyl (C=O) groups excluding carboxylic acids is 2. The molecular weight excluding hydrogens is 184 g/mol. The van der Waals surface area contributed by atoms with Gasteiger partial charge in [-0.3, -0.25) is 9.59 Å². The van der Waals surface area contributed by atoms with Crippen molar-refractivity contribution in [1.82, 2.24) is 0 Å². The average molecular weight is 198 g/mol. The molecule has 2 aliphatic rings. The monoisotopic (exact) mass is 198 g/mol. The standard InChI is InChI=1S/C9H14N2O3/c1-8(7(11)13)9(4-14-8)2-5(3-9)6(10)12/h5H,2-4H2,1H3,(H2,10,12)(H2,11,13). The summed E-state index contributed by atoms with van der Waals surface area (Å²) >= 11 is 0. The van der Waals surface area contributed by atoms with Crippen LogP contribution in [0.4, 0.5) is 0 Å². The lowest BCUT2D eigenvalue weighted by atomic mass is 9.51. The quantitative estimate of drug-likeness (QED) is 0.604. The minimum absolute atomic E-state index is 0.113. The zero-order valence-corrected chi connectivity index (χ0v) is 8.08. The van der Waals surface area contributed by atoms with Crippen molar-refractivity contribution < 1.29 is 14.3 Å². The van der Waals surface area contributed by atoms with E-state index >= 15 is 0 Å². The van der Waals surface area contributed by atoms with E-state index in [0.29, 0.717) is 19.4 Å². The third-order valence-electron chi connectivity index (χ3n) is 3.80. The molecule has 0 aromatic carbocycles. The van der Waals surface area contributed by atoms with Crippen molar-refractivity contribution in [3.8, 4) is 0 Å². The van der Waals surface area contributed by atoms with Gasteiger partial charge in [-0.25, -0.2) is 0 Å². The predicted octanol–water partition coefficient (Wildman–Crippen LogP) is -0.858. The van der Waals surface area contributed by atoms with Crippen LogP contribution in [0.1, 0.15) is 19.8 Å². The fourth-order valence-corrected chi connectivity index (χ4v) is 2.42. The number of carbonyl (C=O) groups is 2. The van der Waals surface area contributed by atoms with Gasteiger partial charge in [0.25, 0.3) is 0 Å². The van der Waals surface area contributed by atoms with E-state index in [1.807, 2.05) is 0 Å². The van der Waals surface area contributed by atoms with E-state index in [4.69, 9.17) is 16.2 Å². The van der Waals surface area contributed by atoms with Crippen molar-refractivity contribution in [2.45, 2.75) is 25.4 Å². The Morgan fingerprint density at radius 2 is 1.93 bits per heavy atom. The number of primary amides is 2. The molecule has 2 fully saturated rings. The molecule has 5 heteroatoms. The van der Waals surface area contributed by atoms with Gasteiger partial charge in [0.1, 0.15) is 0 Å². The first kappa shape index (κ1) is 9.45. The minimum atomic E-state index is -0.890. The van der Waals surface area contributed by atoms with E-state index in [1.165, 1.54) is 0 Å². The lowest BCUT2D eigenvalue weighted by Crippen LogP contribution is -2.72. The molecule has 1 spiro atoms. The van der Waals surface area contributed by atoms with Gasteiger partial charge in [0.2, 0.25) is 11.8 Å². The van der Waals surface area contributed by atoms with E-state index in [-0.39, 0.29) is 17.2 Å². The average Bonchev–Trinajstić information content (AvgIpc) is 1.97. The van der Waals surface area contributed by atoms with Crippen molar-refractivity contribution in [1.29, 1.82) is 0 Å². The van der Waals surface area contributed by atoms with E-state index < -0.39 is 11.5 Å². The second-order valence-corrected chi connectivity index (χ2v) is 4.47. The Labute approximate surface area is 81.8 Å². The molecule has 2 amide bonds. The summed E-state index contributed by atoms with van der Waals surface area (Å²) in [6.45, 7) is 2.20. The van der Waals surface area contributed by atoms with Crippen LogP contribution >= 0.6 is 0 Å². The first-order chi connectivity index (χ1) is 6.41. The van der Waals surface area contributed by atoms with Gasteiger partial charge in [0, 0.05) is 11.3 Å². The zero-order valence-electron chi connectivity index (χ0n) is 8.08. The summed E-state index contributed by atoms with van der Waals surface area (Å²) in [6.07, 6.45) is 1.25. The normalized spacial score (nSPS) is 45.4. The number of amides is 2. The van der Waals surface area contributed by atoms with Crippen molar-refractivity contribution in [3.63, 3.8) is 0 Å². The summed E-state index contributed by atoms with van der Waals surface area (Å²) in [5, 5.41) is 0. The molecule has 0 radical (unpaired) electrons. The number of hydrogen-bond donors (Lipinski definition) is 2. The highest BCUT2D eigenvalue weighted by atomic mass is 16.5. The molecule has 1 heterocycles. The Morgan fingerprint density at radius 1 is 1.36 bits per heavy atom. The van der Waals surface area contributed by atoms with Crippen LogP contribution in [0.15, 0.2) is 0 Å². The predicted molar refractivity (Wildman–Crippen MR) is 47.9 cm³/mol. The van der Waals surface area contributed by atoms with Crippen LogP contribution in [-0.4, -0.2) is 24.0 Å². The van der Waals surface area contributed by atoms with Crippen LogP contribution < -0.4 is 11.5 Å². The zero-order chi connectivity index (χ0) is 10.6. The highest BCUT2D eigenvalue weighted by Crippen LogP contribution is 2.60. The smallest absolute Gasteiger partial charge is 0.250 e. The largest absolute Gasteiger partial charge is 0.369 e. The fraction of sp³-hybridized carbons (Fsp3) is 0.778. The number of hydrogen-bond acceptors (Lipinski definition) is 3. The molecule has 0 bridgehead atoms. The van der Waals surface area contributed by atoms with Gasteiger partial charge in [0.05, 0.1) is 6.61 Å². The molecule has 1 aliphatic heterocycles. The highest BCUT2D eigenvalue weighted by molar-refractivity contribution is 5.86. The topological polar surface area (TPSA) is 95.4 Å². The van der Waals surface area contributed by atoms with Crippen LogP contribution in [-0.2, 0) is 14.3 Å². The maximum atomic E-state index is 11.2. The molecule has 0 aromatic heterocycles. The Morgan fingerprint density at radius 3 is 2.21 bits per heavy atom. The Hall–Kier alpha value is -1.10. The van der Waals surface area contributed by atoms with Crippen LogP contribution in [0.2, 0.25) is 0 Å². The molecule has 1 saturated carbocycles. The summed E-state index contributed by atoms with van der Waals surface area (Å²) in [5.74, 6) is -0.862. The van der Waals surface area contributed by atoms with Gasteiger partial charge in [0.15, 0.2) is 5.60 Å². The number of ether oxygens (including phenoxy) is 1. The van der Waals surface area contributed by atoms with E-state index in [9.17, 15) is 9.59 Å². The molecule has 0 aromatic rings. The van der Waals surface area contributed by atoms with Gasteiger partial charge in [-0.1, -0.05) is 0 Å². The molecule has 1 aliphatic carbocycles. The SMILES string of the molecule is CC1(C(N)=O)OCC12CC(C(N)=O)C2. The van der Waals surface area contributed by atoms with Crippen LogP contribution in [0.3, 0.4) is 0 Å². The fourth-order valence-electron chi connectivity index (χ4n) is 2.42. The van der Waals surface area contributed by atoms with Crippen molar-refractivity contribution in [2.75, 3.05) is 6.61 Å². The van der Waals surface area contributed by atoms with Crippen molar-refractivity contribution in [3.05, 3.63) is 0 Å². The number of nitrogens with two attached hydrogens (primary N) is 2. The molecule has 78 valence electrons. The molecule has 1 saturated heterocycles. The van der Waals surface area contributed by atoms with Crippen LogP contribution in [0.5, 0.6) is 0 Å². The van der Waals surface area contributed by atoms with Crippen molar-refractivity contribution in [2.24, 2.45) is 22.8 Å². The molecule has 2 rings (SSSR count).